The van der Waals surface area contributed by atoms with Crippen molar-refractivity contribution in [2.24, 2.45) is 0 Å². The van der Waals surface area contributed by atoms with Gasteiger partial charge in [0.05, 0.1) is 12.9 Å². The first-order valence-corrected chi connectivity index (χ1v) is 10.8. The SMILES string of the molecule is COc1ccc(CCS(=O)(=O)N2CCC(c3ccsc3)CC2)cc1. The number of nitrogens with zero attached hydrogens (tertiary/aromatic N) is 1. The highest BCUT2D eigenvalue weighted by atomic mass is 32.2. The second-order valence-corrected chi connectivity index (χ2v) is 9.01. The highest BCUT2D eigenvalue weighted by Crippen LogP contribution is 2.30. The maximum Gasteiger partial charge on any atom is 0.214 e. The summed E-state index contributed by atoms with van der Waals surface area (Å²) in [6, 6.07) is 9.75. The van der Waals surface area contributed by atoms with Crippen LogP contribution in [0.2, 0.25) is 0 Å². The predicted octanol–water partition coefficient (Wildman–Crippen LogP) is 3.51. The van der Waals surface area contributed by atoms with E-state index in [4.69, 9.17) is 4.74 Å². The number of sulfonamides is 1. The van der Waals surface area contributed by atoms with Crippen molar-refractivity contribution >= 4 is 21.4 Å². The second kappa shape index (κ2) is 7.68. The van der Waals surface area contributed by atoms with Gasteiger partial charge in [-0.15, -0.1) is 0 Å². The number of piperidine rings is 1. The first-order valence-electron chi connectivity index (χ1n) is 8.21. The van der Waals surface area contributed by atoms with Gasteiger partial charge >= 0.3 is 0 Å². The van der Waals surface area contributed by atoms with Crippen LogP contribution in [0.1, 0.15) is 29.9 Å². The van der Waals surface area contributed by atoms with Gasteiger partial charge in [-0.05, 0) is 65.3 Å². The van der Waals surface area contributed by atoms with E-state index in [1.165, 1.54) is 5.56 Å². The van der Waals surface area contributed by atoms with Crippen LogP contribution in [0.5, 0.6) is 5.75 Å². The van der Waals surface area contributed by atoms with Gasteiger partial charge in [-0.25, -0.2) is 12.7 Å². The van der Waals surface area contributed by atoms with Crippen LogP contribution in [0.25, 0.3) is 0 Å². The van der Waals surface area contributed by atoms with Crippen molar-refractivity contribution in [1.82, 2.24) is 4.31 Å². The molecule has 4 nitrogen and oxygen atoms in total. The third-order valence-electron chi connectivity index (χ3n) is 4.67. The Bertz CT molecular complexity index is 731. The smallest absolute Gasteiger partial charge is 0.214 e. The molecule has 0 unspecified atom stereocenters. The highest BCUT2D eigenvalue weighted by Gasteiger charge is 2.28. The van der Waals surface area contributed by atoms with Crippen LogP contribution in [0.15, 0.2) is 41.1 Å². The Morgan fingerprint density at radius 3 is 2.46 bits per heavy atom. The Morgan fingerprint density at radius 2 is 1.88 bits per heavy atom. The van der Waals surface area contributed by atoms with Crippen LogP contribution in [-0.2, 0) is 16.4 Å². The zero-order chi connectivity index (χ0) is 17.0. The second-order valence-electron chi connectivity index (χ2n) is 6.14. The molecule has 0 aliphatic carbocycles. The number of thiophene rings is 1. The third-order valence-corrected chi connectivity index (χ3v) is 7.24. The van der Waals surface area contributed by atoms with Crippen molar-refractivity contribution in [2.75, 3.05) is 26.0 Å². The monoisotopic (exact) mass is 365 g/mol. The number of methoxy groups -OCH3 is 1. The lowest BCUT2D eigenvalue weighted by Gasteiger charge is -2.31. The Labute approximate surface area is 148 Å². The fraction of sp³-hybridized carbons (Fsp3) is 0.444. The van der Waals surface area contributed by atoms with Crippen molar-refractivity contribution in [2.45, 2.75) is 25.2 Å². The summed E-state index contributed by atoms with van der Waals surface area (Å²) < 4.78 is 31.9. The molecule has 0 amide bonds. The number of ether oxygens (including phenoxy) is 1. The summed E-state index contributed by atoms with van der Waals surface area (Å²) in [7, 11) is -1.56. The van der Waals surface area contributed by atoms with Gasteiger partial charge in [0, 0.05) is 13.1 Å². The fourth-order valence-electron chi connectivity index (χ4n) is 3.14. The Morgan fingerprint density at radius 1 is 1.17 bits per heavy atom. The Balaban J connectivity index is 1.54. The standard InChI is InChI=1S/C18H23NO3S2/c1-22-18-4-2-15(3-5-18)9-13-24(20,21)19-10-6-16(7-11-19)17-8-12-23-14-17/h2-5,8,12,14,16H,6-7,9-11,13H2,1H3. The van der Waals surface area contributed by atoms with Gasteiger partial charge in [0.25, 0.3) is 0 Å². The Kier molecular flexibility index (Phi) is 5.58. The molecule has 2 aromatic rings. The zero-order valence-electron chi connectivity index (χ0n) is 13.8. The van der Waals surface area contributed by atoms with E-state index in [2.05, 4.69) is 16.8 Å². The first kappa shape index (κ1) is 17.5. The van der Waals surface area contributed by atoms with E-state index in [0.717, 1.165) is 24.2 Å². The molecular formula is C18H23NO3S2. The molecule has 0 radical (unpaired) electrons. The fourth-order valence-corrected chi connectivity index (χ4v) is 5.40. The molecule has 2 heterocycles. The summed E-state index contributed by atoms with van der Waals surface area (Å²) in [5, 5.41) is 4.27. The molecule has 6 heteroatoms. The molecule has 0 saturated carbocycles. The average molecular weight is 366 g/mol. The van der Waals surface area contributed by atoms with E-state index in [9.17, 15) is 8.42 Å². The predicted molar refractivity (Wildman–Crippen MR) is 98.4 cm³/mol. The van der Waals surface area contributed by atoms with Gasteiger partial charge in [0.15, 0.2) is 0 Å². The lowest BCUT2D eigenvalue weighted by atomic mass is 9.92. The molecular weight excluding hydrogens is 342 g/mol. The van der Waals surface area contributed by atoms with E-state index in [0.29, 0.717) is 25.4 Å². The topological polar surface area (TPSA) is 46.6 Å². The van der Waals surface area contributed by atoms with Crippen molar-refractivity contribution in [3.63, 3.8) is 0 Å². The molecule has 1 aliphatic heterocycles. The van der Waals surface area contributed by atoms with E-state index in [-0.39, 0.29) is 5.75 Å². The molecule has 1 aromatic heterocycles. The molecule has 0 N–H and O–H groups in total. The minimum Gasteiger partial charge on any atom is -0.497 e. The Hall–Kier alpha value is -1.37. The van der Waals surface area contributed by atoms with Gasteiger partial charge in [-0.3, -0.25) is 0 Å². The summed E-state index contributed by atoms with van der Waals surface area (Å²) in [6.45, 7) is 1.26. The number of aryl methyl sites for hydroxylation is 1. The van der Waals surface area contributed by atoms with Gasteiger partial charge in [0.2, 0.25) is 10.0 Å². The normalized spacial score (nSPS) is 17.0. The molecule has 1 fully saturated rings. The molecule has 1 aliphatic rings. The van der Waals surface area contributed by atoms with Gasteiger partial charge < -0.3 is 4.74 Å². The summed E-state index contributed by atoms with van der Waals surface area (Å²) in [5.74, 6) is 1.46. The van der Waals surface area contributed by atoms with Gasteiger partial charge in [-0.1, -0.05) is 12.1 Å². The lowest BCUT2D eigenvalue weighted by Crippen LogP contribution is -2.39. The molecule has 0 bridgehead atoms. The molecule has 130 valence electrons. The van der Waals surface area contributed by atoms with Crippen LogP contribution in [0.3, 0.4) is 0 Å². The summed E-state index contributed by atoms with van der Waals surface area (Å²) in [4.78, 5) is 0. The van der Waals surface area contributed by atoms with Crippen molar-refractivity contribution in [3.05, 3.63) is 52.2 Å². The van der Waals surface area contributed by atoms with Crippen LogP contribution >= 0.6 is 11.3 Å². The minimum atomic E-state index is -3.18. The van der Waals surface area contributed by atoms with Crippen LogP contribution in [0.4, 0.5) is 0 Å². The van der Waals surface area contributed by atoms with Gasteiger partial charge in [-0.2, -0.15) is 11.3 Å². The number of hydrogen-bond donors (Lipinski definition) is 0. The summed E-state index contributed by atoms with van der Waals surface area (Å²) in [5.41, 5.74) is 2.38. The largest absolute Gasteiger partial charge is 0.497 e. The number of rotatable bonds is 6. The highest BCUT2D eigenvalue weighted by molar-refractivity contribution is 7.89. The summed E-state index contributed by atoms with van der Waals surface area (Å²) >= 11 is 1.71. The maximum absolute atomic E-state index is 12.6. The van der Waals surface area contributed by atoms with Crippen LogP contribution < -0.4 is 4.74 Å². The van der Waals surface area contributed by atoms with Crippen molar-refractivity contribution < 1.29 is 13.2 Å². The molecule has 24 heavy (non-hydrogen) atoms. The quantitative estimate of drug-likeness (QED) is 0.787. The molecule has 1 aromatic carbocycles. The lowest BCUT2D eigenvalue weighted by molar-refractivity contribution is 0.320. The van der Waals surface area contributed by atoms with Crippen LogP contribution in [-0.4, -0.2) is 38.7 Å². The number of hydrogen-bond acceptors (Lipinski definition) is 4. The molecule has 1 saturated heterocycles. The zero-order valence-corrected chi connectivity index (χ0v) is 15.5. The van der Waals surface area contributed by atoms with Crippen molar-refractivity contribution in [3.8, 4) is 5.75 Å². The van der Waals surface area contributed by atoms with Crippen molar-refractivity contribution in [1.29, 1.82) is 0 Å². The summed E-state index contributed by atoms with van der Waals surface area (Å²) in [6.07, 6.45) is 2.37. The van der Waals surface area contributed by atoms with E-state index in [1.807, 2.05) is 24.3 Å². The van der Waals surface area contributed by atoms with E-state index < -0.39 is 10.0 Å². The molecule has 3 rings (SSSR count). The number of benzene rings is 1. The first-order chi connectivity index (χ1) is 11.6. The van der Waals surface area contributed by atoms with E-state index >= 15 is 0 Å². The minimum absolute atomic E-state index is 0.169. The third kappa shape index (κ3) is 4.18. The molecule has 0 spiro atoms. The average Bonchev–Trinajstić information content (AvgIpc) is 3.15. The maximum atomic E-state index is 12.6. The van der Waals surface area contributed by atoms with E-state index in [1.54, 1.807) is 22.8 Å². The van der Waals surface area contributed by atoms with Gasteiger partial charge in [0.1, 0.15) is 5.75 Å². The molecule has 0 atom stereocenters. The van der Waals surface area contributed by atoms with Crippen LogP contribution in [0, 0.1) is 0 Å².